The number of fused-ring (bicyclic) bond motifs is 1. The Labute approximate surface area is 96.8 Å². The normalized spacial score (nSPS) is 16.9. The lowest BCUT2D eigenvalue weighted by Gasteiger charge is -2.22. The van der Waals surface area contributed by atoms with Crippen molar-refractivity contribution in [3.05, 3.63) is 24.3 Å². The third-order valence-electron chi connectivity index (χ3n) is 2.13. The molecule has 0 fully saturated rings. The first kappa shape index (κ1) is 12.6. The summed E-state index contributed by atoms with van der Waals surface area (Å²) in [6.07, 6.45) is 0.377. The first-order chi connectivity index (χ1) is 7.57. The van der Waals surface area contributed by atoms with Crippen molar-refractivity contribution in [2.75, 3.05) is 5.32 Å². The maximum absolute atomic E-state index is 11.5. The quantitative estimate of drug-likeness (QED) is 0.730. The van der Waals surface area contributed by atoms with Crippen molar-refractivity contribution in [1.82, 2.24) is 0 Å². The largest absolute Gasteiger partial charge is 0.485 e. The minimum Gasteiger partial charge on any atom is -0.485 e. The average Bonchev–Trinajstić information content (AvgIpc) is 2.33. The Morgan fingerprint density at radius 2 is 1.88 bits per heavy atom. The molecule has 0 unspecified atom stereocenters. The van der Waals surface area contributed by atoms with Gasteiger partial charge < -0.3 is 10.1 Å². The number of amides is 1. The van der Waals surface area contributed by atoms with E-state index in [-0.39, 0.29) is 5.91 Å². The molecule has 0 aromatic heterocycles. The van der Waals surface area contributed by atoms with Crippen molar-refractivity contribution in [2.45, 2.75) is 39.7 Å². The number of anilines is 1. The van der Waals surface area contributed by atoms with Gasteiger partial charge in [0, 0.05) is 0 Å². The molecule has 3 heteroatoms. The Balaban J connectivity index is 0.000000606. The number of para-hydroxylation sites is 2. The Hall–Kier alpha value is -1.51. The van der Waals surface area contributed by atoms with Crippen LogP contribution in [0.3, 0.4) is 0 Å². The monoisotopic (exact) mass is 221 g/mol. The molecule has 1 N–H and O–H groups in total. The molecule has 88 valence electrons. The highest BCUT2D eigenvalue weighted by Crippen LogP contribution is 2.32. The molecule has 1 aromatic carbocycles. The van der Waals surface area contributed by atoms with E-state index < -0.39 is 5.60 Å². The number of ether oxygens (including phenoxy) is 1. The lowest BCUT2D eigenvalue weighted by atomic mass is 10.1. The van der Waals surface area contributed by atoms with Gasteiger partial charge in [0.05, 0.1) is 12.1 Å². The lowest BCUT2D eigenvalue weighted by Crippen LogP contribution is -2.30. The van der Waals surface area contributed by atoms with E-state index in [1.807, 2.05) is 52.0 Å². The topological polar surface area (TPSA) is 38.3 Å². The van der Waals surface area contributed by atoms with E-state index in [1.54, 1.807) is 0 Å². The molecule has 1 heterocycles. The summed E-state index contributed by atoms with van der Waals surface area (Å²) in [6.45, 7) is 7.82. The molecule has 0 saturated heterocycles. The van der Waals surface area contributed by atoms with Gasteiger partial charge in [-0.25, -0.2) is 0 Å². The van der Waals surface area contributed by atoms with Gasteiger partial charge >= 0.3 is 0 Å². The maximum Gasteiger partial charge on any atom is 0.228 e. The Bertz CT molecular complexity index is 372. The summed E-state index contributed by atoms with van der Waals surface area (Å²) in [5.74, 6) is 0.739. The van der Waals surface area contributed by atoms with Crippen molar-refractivity contribution >= 4 is 11.6 Å². The highest BCUT2D eigenvalue weighted by atomic mass is 16.5. The van der Waals surface area contributed by atoms with Gasteiger partial charge in [-0.3, -0.25) is 4.79 Å². The molecule has 0 saturated carbocycles. The molecule has 0 bridgehead atoms. The van der Waals surface area contributed by atoms with Crippen molar-refractivity contribution in [3.63, 3.8) is 0 Å². The molecule has 1 aromatic rings. The third-order valence-corrected chi connectivity index (χ3v) is 2.13. The van der Waals surface area contributed by atoms with Gasteiger partial charge in [-0.1, -0.05) is 26.0 Å². The number of hydrogen-bond acceptors (Lipinski definition) is 2. The summed E-state index contributed by atoms with van der Waals surface area (Å²) in [4.78, 5) is 11.5. The zero-order valence-electron chi connectivity index (χ0n) is 10.3. The fraction of sp³-hybridized carbons (Fsp3) is 0.462. The number of benzene rings is 1. The second-order valence-electron chi connectivity index (χ2n) is 4.08. The Morgan fingerprint density at radius 3 is 2.56 bits per heavy atom. The minimum absolute atomic E-state index is 0.0000463. The first-order valence-corrected chi connectivity index (χ1v) is 5.65. The Kier molecular flexibility index (Phi) is 3.93. The summed E-state index contributed by atoms with van der Waals surface area (Å²) in [5.41, 5.74) is 0.319. The zero-order chi connectivity index (χ0) is 12.2. The van der Waals surface area contributed by atoms with Gasteiger partial charge in [-0.2, -0.15) is 0 Å². The van der Waals surface area contributed by atoms with Crippen LogP contribution in [0.4, 0.5) is 5.69 Å². The second-order valence-corrected chi connectivity index (χ2v) is 4.08. The number of hydrogen-bond donors (Lipinski definition) is 1. The first-order valence-electron chi connectivity index (χ1n) is 5.65. The van der Waals surface area contributed by atoms with Crippen molar-refractivity contribution in [1.29, 1.82) is 0 Å². The molecule has 16 heavy (non-hydrogen) atoms. The molecule has 2 rings (SSSR count). The van der Waals surface area contributed by atoms with E-state index >= 15 is 0 Å². The van der Waals surface area contributed by atoms with E-state index in [0.717, 1.165) is 11.4 Å². The summed E-state index contributed by atoms with van der Waals surface area (Å²) in [6, 6.07) is 7.48. The van der Waals surface area contributed by atoms with Gasteiger partial charge in [-0.15, -0.1) is 0 Å². The molecular weight excluding hydrogens is 202 g/mol. The standard InChI is InChI=1S/C11H13NO2.C2H6/c1-11(2)7-10(13)12-8-5-3-4-6-9(8)14-11;1-2/h3-6H,7H2,1-2H3,(H,12,13);1-2H3. The summed E-state index contributed by atoms with van der Waals surface area (Å²) < 4.78 is 5.73. The number of rotatable bonds is 0. The van der Waals surface area contributed by atoms with Crippen LogP contribution in [0, 0.1) is 0 Å². The fourth-order valence-corrected chi connectivity index (χ4v) is 1.57. The Morgan fingerprint density at radius 1 is 1.25 bits per heavy atom. The molecule has 3 nitrogen and oxygen atoms in total. The van der Waals surface area contributed by atoms with Crippen LogP contribution in [0.1, 0.15) is 34.1 Å². The zero-order valence-corrected chi connectivity index (χ0v) is 10.3. The molecule has 0 aliphatic carbocycles. The van der Waals surface area contributed by atoms with E-state index in [2.05, 4.69) is 5.32 Å². The van der Waals surface area contributed by atoms with Crippen LogP contribution < -0.4 is 10.1 Å². The van der Waals surface area contributed by atoms with Gasteiger partial charge in [0.1, 0.15) is 11.4 Å². The van der Waals surface area contributed by atoms with Crippen LogP contribution in [0.5, 0.6) is 5.75 Å². The van der Waals surface area contributed by atoms with Crippen LogP contribution >= 0.6 is 0 Å². The smallest absolute Gasteiger partial charge is 0.228 e. The number of carbonyl (C=O) groups is 1. The highest BCUT2D eigenvalue weighted by Gasteiger charge is 2.28. The number of carbonyl (C=O) groups excluding carboxylic acids is 1. The molecule has 0 radical (unpaired) electrons. The highest BCUT2D eigenvalue weighted by molar-refractivity contribution is 5.93. The SMILES string of the molecule is CC.CC1(C)CC(=O)Nc2ccccc2O1. The predicted octanol–water partition coefficient (Wildman–Crippen LogP) is 3.21. The summed E-state index contributed by atoms with van der Waals surface area (Å²) in [5, 5.41) is 2.81. The minimum atomic E-state index is -0.434. The lowest BCUT2D eigenvalue weighted by molar-refractivity contribution is -0.118. The average molecular weight is 221 g/mol. The fourth-order valence-electron chi connectivity index (χ4n) is 1.57. The molecule has 0 atom stereocenters. The van der Waals surface area contributed by atoms with E-state index in [0.29, 0.717) is 6.42 Å². The van der Waals surface area contributed by atoms with Gasteiger partial charge in [0.15, 0.2) is 0 Å². The number of nitrogens with one attached hydrogen (secondary N) is 1. The van der Waals surface area contributed by atoms with Gasteiger partial charge in [0.2, 0.25) is 5.91 Å². The molecule has 1 amide bonds. The van der Waals surface area contributed by atoms with E-state index in [9.17, 15) is 4.79 Å². The van der Waals surface area contributed by atoms with Crippen LogP contribution in [-0.4, -0.2) is 11.5 Å². The van der Waals surface area contributed by atoms with E-state index in [4.69, 9.17) is 4.74 Å². The maximum atomic E-state index is 11.5. The van der Waals surface area contributed by atoms with Crippen LogP contribution in [0.2, 0.25) is 0 Å². The van der Waals surface area contributed by atoms with E-state index in [1.165, 1.54) is 0 Å². The van der Waals surface area contributed by atoms with Crippen molar-refractivity contribution in [2.24, 2.45) is 0 Å². The summed E-state index contributed by atoms with van der Waals surface area (Å²) in [7, 11) is 0. The molecular formula is C13H19NO2. The molecule has 1 aliphatic heterocycles. The molecule has 1 aliphatic rings. The molecule has 0 spiro atoms. The van der Waals surface area contributed by atoms with Crippen molar-refractivity contribution in [3.8, 4) is 5.75 Å². The predicted molar refractivity (Wildman–Crippen MR) is 65.7 cm³/mol. The van der Waals surface area contributed by atoms with Gasteiger partial charge in [-0.05, 0) is 26.0 Å². The van der Waals surface area contributed by atoms with Crippen LogP contribution in [-0.2, 0) is 4.79 Å². The second kappa shape index (κ2) is 5.01. The van der Waals surface area contributed by atoms with Gasteiger partial charge in [0.25, 0.3) is 0 Å². The third kappa shape index (κ3) is 2.99. The van der Waals surface area contributed by atoms with Crippen molar-refractivity contribution < 1.29 is 9.53 Å². The summed E-state index contributed by atoms with van der Waals surface area (Å²) >= 11 is 0. The van der Waals surface area contributed by atoms with Crippen LogP contribution in [0.15, 0.2) is 24.3 Å². The van der Waals surface area contributed by atoms with Crippen LogP contribution in [0.25, 0.3) is 0 Å².